The number of nitrogens with zero attached hydrogens (tertiary/aromatic N) is 5. The second-order valence-electron chi connectivity index (χ2n) is 8.68. The molecule has 2 aromatic carbocycles. The number of anilines is 2. The van der Waals surface area contributed by atoms with Gasteiger partial charge in [0.05, 0.1) is 17.1 Å². The number of aryl methyl sites for hydroxylation is 1. The molecule has 0 saturated heterocycles. The molecule has 2 amide bonds. The van der Waals surface area contributed by atoms with Crippen molar-refractivity contribution >= 4 is 17.7 Å². The first-order valence-electron chi connectivity index (χ1n) is 11.7. The van der Waals surface area contributed by atoms with Gasteiger partial charge in [-0.15, -0.1) is 0 Å². The summed E-state index contributed by atoms with van der Waals surface area (Å²) in [5.41, 5.74) is 1.38. The fourth-order valence-electron chi connectivity index (χ4n) is 4.04. The minimum absolute atomic E-state index is 0.173. The van der Waals surface area contributed by atoms with E-state index in [0.29, 0.717) is 34.0 Å². The summed E-state index contributed by atoms with van der Waals surface area (Å²) in [5.74, 6) is 0.122. The molecule has 0 aliphatic rings. The first kappa shape index (κ1) is 25.5. The number of halogens is 3. The van der Waals surface area contributed by atoms with Crippen molar-refractivity contribution in [3.8, 4) is 22.6 Å². The highest BCUT2D eigenvalue weighted by Gasteiger charge is 2.35. The lowest BCUT2D eigenvalue weighted by Gasteiger charge is -2.12. The molecule has 5 aromatic rings. The lowest BCUT2D eigenvalue weighted by Crippen LogP contribution is -2.23. The Morgan fingerprint density at radius 2 is 1.46 bits per heavy atom. The highest BCUT2D eigenvalue weighted by molar-refractivity contribution is 6.00. The molecule has 2 N–H and O–H groups in total. The van der Waals surface area contributed by atoms with E-state index in [0.717, 1.165) is 10.7 Å². The van der Waals surface area contributed by atoms with Crippen LogP contribution in [0.4, 0.5) is 29.6 Å². The van der Waals surface area contributed by atoms with Gasteiger partial charge in [0.2, 0.25) is 5.56 Å². The number of rotatable bonds is 5. The highest BCUT2D eigenvalue weighted by Crippen LogP contribution is 2.32. The maximum absolute atomic E-state index is 13.5. The van der Waals surface area contributed by atoms with Crippen LogP contribution in [0.3, 0.4) is 0 Å². The first-order chi connectivity index (χ1) is 18.6. The number of amides is 2. The van der Waals surface area contributed by atoms with E-state index >= 15 is 0 Å². The molecule has 0 spiro atoms. The van der Waals surface area contributed by atoms with Gasteiger partial charge in [-0.3, -0.25) is 15.4 Å². The number of carbonyl (C=O) groups excluding carboxylic acids is 1. The molecule has 12 heteroatoms. The van der Waals surface area contributed by atoms with Crippen molar-refractivity contribution in [2.45, 2.75) is 13.1 Å². The lowest BCUT2D eigenvalue weighted by atomic mass is 10.1. The number of aromatic nitrogens is 5. The number of hydrogen-bond donors (Lipinski definition) is 2. The van der Waals surface area contributed by atoms with E-state index in [1.54, 1.807) is 80.8 Å². The summed E-state index contributed by atoms with van der Waals surface area (Å²) >= 11 is 0. The van der Waals surface area contributed by atoms with Gasteiger partial charge in [-0.1, -0.05) is 36.4 Å². The maximum Gasteiger partial charge on any atom is 0.435 e. The molecule has 3 heterocycles. The Kier molecular flexibility index (Phi) is 6.52. The average Bonchev–Trinajstić information content (AvgIpc) is 3.48. The van der Waals surface area contributed by atoms with E-state index in [1.165, 1.54) is 15.3 Å². The molecule has 39 heavy (non-hydrogen) atoms. The predicted octanol–water partition coefficient (Wildman–Crippen LogP) is 5.39. The van der Waals surface area contributed by atoms with Crippen molar-refractivity contribution in [1.29, 1.82) is 0 Å². The van der Waals surface area contributed by atoms with Crippen LogP contribution in [0, 0.1) is 6.92 Å². The molecule has 198 valence electrons. The molecular weight excluding hydrogens is 511 g/mol. The van der Waals surface area contributed by atoms with Crippen molar-refractivity contribution in [3.63, 3.8) is 0 Å². The number of alkyl halides is 3. The summed E-state index contributed by atoms with van der Waals surface area (Å²) < 4.78 is 44.3. The quantitative estimate of drug-likeness (QED) is 0.316. The summed E-state index contributed by atoms with van der Waals surface area (Å²) in [6.45, 7) is 1.75. The smallest absolute Gasteiger partial charge is 0.318 e. The second kappa shape index (κ2) is 9.97. The number of nitrogens with one attached hydrogen (secondary N) is 2. The van der Waals surface area contributed by atoms with Gasteiger partial charge < -0.3 is 4.57 Å². The van der Waals surface area contributed by atoms with Crippen molar-refractivity contribution in [3.05, 3.63) is 107 Å². The molecule has 0 atom stereocenters. The topological polar surface area (TPSA) is 98.8 Å². The monoisotopic (exact) mass is 533 g/mol. The number of urea groups is 1. The van der Waals surface area contributed by atoms with Gasteiger partial charge in [0.15, 0.2) is 5.69 Å². The van der Waals surface area contributed by atoms with Crippen LogP contribution in [0.25, 0.3) is 22.6 Å². The number of carbonyl (C=O) groups is 1. The van der Waals surface area contributed by atoms with Gasteiger partial charge in [0.25, 0.3) is 0 Å². The minimum Gasteiger partial charge on any atom is -0.318 e. The summed E-state index contributed by atoms with van der Waals surface area (Å²) in [4.78, 5) is 25.1. The minimum atomic E-state index is -4.71. The van der Waals surface area contributed by atoms with Crippen LogP contribution in [-0.2, 0) is 13.2 Å². The summed E-state index contributed by atoms with van der Waals surface area (Å²) in [5, 5.41) is 13.5. The molecule has 0 aliphatic carbocycles. The number of pyridine rings is 1. The van der Waals surface area contributed by atoms with Crippen molar-refractivity contribution in [1.82, 2.24) is 24.1 Å². The molecule has 9 nitrogen and oxygen atoms in total. The fourth-order valence-corrected chi connectivity index (χ4v) is 4.04. The Balaban J connectivity index is 1.53. The van der Waals surface area contributed by atoms with E-state index < -0.39 is 17.9 Å². The number of benzene rings is 2. The van der Waals surface area contributed by atoms with Gasteiger partial charge in [-0.25, -0.2) is 14.2 Å². The van der Waals surface area contributed by atoms with E-state index in [1.807, 2.05) is 6.07 Å². The summed E-state index contributed by atoms with van der Waals surface area (Å²) in [6.07, 6.45) is -3.08. The fraction of sp³-hybridized carbons (Fsp3) is 0.111. The van der Waals surface area contributed by atoms with Gasteiger partial charge >= 0.3 is 12.2 Å². The molecule has 0 radical (unpaired) electrons. The van der Waals surface area contributed by atoms with Gasteiger partial charge in [0, 0.05) is 36.5 Å². The van der Waals surface area contributed by atoms with Crippen LogP contribution in [0.1, 0.15) is 11.3 Å². The summed E-state index contributed by atoms with van der Waals surface area (Å²) in [6, 6.07) is 20.2. The van der Waals surface area contributed by atoms with Crippen LogP contribution < -0.4 is 16.2 Å². The van der Waals surface area contributed by atoms with Crippen LogP contribution in [0.2, 0.25) is 0 Å². The Labute approximate surface area is 220 Å². The largest absolute Gasteiger partial charge is 0.435 e. The average molecular weight is 534 g/mol. The normalized spacial score (nSPS) is 11.4. The van der Waals surface area contributed by atoms with Crippen LogP contribution in [0.15, 0.2) is 89.9 Å². The Bertz CT molecular complexity index is 1710. The molecule has 3 aromatic heterocycles. The number of hydrogen-bond acceptors (Lipinski definition) is 4. The number of para-hydroxylation sites is 2. The van der Waals surface area contributed by atoms with Crippen molar-refractivity contribution in [2.24, 2.45) is 7.05 Å². The van der Waals surface area contributed by atoms with Crippen LogP contribution in [0.5, 0.6) is 0 Å². The zero-order chi connectivity index (χ0) is 27.7. The Hall–Kier alpha value is -5.13. The molecule has 0 fully saturated rings. The van der Waals surface area contributed by atoms with Crippen LogP contribution >= 0.6 is 0 Å². The van der Waals surface area contributed by atoms with Crippen LogP contribution in [-0.4, -0.2) is 30.2 Å². The maximum atomic E-state index is 13.5. The van der Waals surface area contributed by atoms with E-state index in [4.69, 9.17) is 0 Å². The molecule has 0 bridgehead atoms. The Morgan fingerprint density at radius 3 is 2.05 bits per heavy atom. The molecule has 5 rings (SSSR count). The van der Waals surface area contributed by atoms with Crippen molar-refractivity contribution < 1.29 is 18.0 Å². The highest BCUT2D eigenvalue weighted by atomic mass is 19.4. The molecule has 0 saturated carbocycles. The van der Waals surface area contributed by atoms with Gasteiger partial charge in [-0.2, -0.15) is 23.4 Å². The molecule has 0 aliphatic heterocycles. The lowest BCUT2D eigenvalue weighted by molar-refractivity contribution is -0.141. The third-order valence-electron chi connectivity index (χ3n) is 5.96. The first-order valence-corrected chi connectivity index (χ1v) is 11.7. The molecule has 0 unspecified atom stereocenters. The second-order valence-corrected chi connectivity index (χ2v) is 8.68. The third kappa shape index (κ3) is 5.17. The van der Waals surface area contributed by atoms with Gasteiger partial charge in [-0.05, 0) is 37.3 Å². The van der Waals surface area contributed by atoms with Crippen molar-refractivity contribution in [2.75, 3.05) is 10.6 Å². The standard InChI is InChI=1S/C27H22F3N7O2/c1-17-24(18-13-14-23(38)35(2)16-18)34-37(20-11-7-4-8-12-20)25(17)32-26(39)31-22-15-21(27(28,29)30)33-36(22)19-9-5-3-6-10-19/h3-16H,1-2H3,(H2,31,32,39). The third-order valence-corrected chi connectivity index (χ3v) is 5.96. The zero-order valence-electron chi connectivity index (χ0n) is 20.8. The predicted molar refractivity (Wildman–Crippen MR) is 140 cm³/mol. The Morgan fingerprint density at radius 1 is 0.846 bits per heavy atom. The SMILES string of the molecule is Cc1c(-c2ccc(=O)n(C)c2)nn(-c2ccccc2)c1NC(=O)Nc1cc(C(F)(F)F)nn1-c1ccccc1. The zero-order valence-corrected chi connectivity index (χ0v) is 20.8. The summed E-state index contributed by atoms with van der Waals surface area (Å²) in [7, 11) is 1.62. The van der Waals surface area contributed by atoms with E-state index in [9.17, 15) is 22.8 Å². The van der Waals surface area contributed by atoms with E-state index in [-0.39, 0.29) is 11.4 Å². The van der Waals surface area contributed by atoms with Gasteiger partial charge in [0.1, 0.15) is 11.6 Å². The molecular formula is C27H22F3N7O2. The van der Waals surface area contributed by atoms with E-state index in [2.05, 4.69) is 20.8 Å².